The number of aromatic nitrogens is 1. The molecule has 1 unspecified atom stereocenters. The number of carboxylic acid groups (broad SMARTS) is 1. The minimum absolute atomic E-state index is 0.0271. The Hall–Kier alpha value is -2.35. The zero-order chi connectivity index (χ0) is 15.1. The number of hydrogen-bond acceptors (Lipinski definition) is 4. The van der Waals surface area contributed by atoms with Crippen LogP contribution >= 0.6 is 11.5 Å². The molecule has 8 heteroatoms. The van der Waals surface area contributed by atoms with Gasteiger partial charge in [0, 0.05) is 12.3 Å². The molecular weight excluding hydrogens is 302 g/mol. The number of anilines is 1. The highest BCUT2D eigenvalue weighted by Crippen LogP contribution is 2.41. The van der Waals surface area contributed by atoms with Gasteiger partial charge in [-0.1, -0.05) is 6.07 Å². The van der Waals surface area contributed by atoms with Crippen LogP contribution in [0.5, 0.6) is 0 Å². The molecule has 1 aliphatic rings. The summed E-state index contributed by atoms with van der Waals surface area (Å²) in [6.07, 6.45) is 0.0271. The lowest BCUT2D eigenvalue weighted by Crippen LogP contribution is -2.23. The van der Waals surface area contributed by atoms with Crippen molar-refractivity contribution in [3.8, 4) is 0 Å². The average Bonchev–Trinajstić information content (AvgIpc) is 2.84. The number of nitrogens with one attached hydrogen (secondary N) is 1. The van der Waals surface area contributed by atoms with Crippen LogP contribution in [0.15, 0.2) is 18.2 Å². The molecular formula is C13H8F2N2O3S. The predicted molar refractivity (Wildman–Crippen MR) is 70.5 cm³/mol. The third kappa shape index (κ3) is 2.27. The first-order valence-electron chi connectivity index (χ1n) is 5.95. The Kier molecular flexibility index (Phi) is 3.17. The Morgan fingerprint density at radius 3 is 2.81 bits per heavy atom. The highest BCUT2D eigenvalue weighted by molar-refractivity contribution is 7.06. The number of carbonyl (C=O) groups is 2. The first-order chi connectivity index (χ1) is 9.97. The van der Waals surface area contributed by atoms with Crippen LogP contribution in [-0.4, -0.2) is 21.4 Å². The van der Waals surface area contributed by atoms with E-state index < -0.39 is 23.5 Å². The van der Waals surface area contributed by atoms with Crippen LogP contribution in [0, 0.1) is 11.6 Å². The third-order valence-corrected chi connectivity index (χ3v) is 4.20. The predicted octanol–water partition coefficient (Wildman–Crippen LogP) is 2.59. The lowest BCUT2D eigenvalue weighted by molar-refractivity contribution is -0.116. The van der Waals surface area contributed by atoms with E-state index in [4.69, 9.17) is 5.11 Å². The second kappa shape index (κ2) is 4.88. The summed E-state index contributed by atoms with van der Waals surface area (Å²) in [4.78, 5) is 23.3. The van der Waals surface area contributed by atoms with Crippen molar-refractivity contribution in [2.75, 3.05) is 5.32 Å². The van der Waals surface area contributed by atoms with Crippen molar-refractivity contribution < 1.29 is 23.5 Å². The van der Waals surface area contributed by atoms with Crippen molar-refractivity contribution in [2.24, 2.45) is 0 Å². The maximum atomic E-state index is 13.4. The number of benzene rings is 1. The van der Waals surface area contributed by atoms with Crippen LogP contribution in [0.25, 0.3) is 0 Å². The number of fused-ring (bicyclic) bond motifs is 1. The number of amides is 1. The zero-order valence-corrected chi connectivity index (χ0v) is 11.2. The van der Waals surface area contributed by atoms with E-state index in [1.165, 1.54) is 6.07 Å². The summed E-state index contributed by atoms with van der Waals surface area (Å²) in [5, 5.41) is 11.5. The minimum atomic E-state index is -1.25. The van der Waals surface area contributed by atoms with Crippen LogP contribution in [0.4, 0.5) is 14.5 Å². The van der Waals surface area contributed by atoms with E-state index in [1.54, 1.807) is 0 Å². The Labute approximate surface area is 121 Å². The van der Waals surface area contributed by atoms with Gasteiger partial charge in [0.1, 0.15) is 0 Å². The Bertz CT molecular complexity index is 760. The molecule has 108 valence electrons. The minimum Gasteiger partial charge on any atom is -0.476 e. The maximum Gasteiger partial charge on any atom is 0.357 e. The molecule has 1 atom stereocenters. The highest BCUT2D eigenvalue weighted by atomic mass is 32.1. The number of halogens is 2. The van der Waals surface area contributed by atoms with Crippen LogP contribution in [0.1, 0.15) is 33.3 Å². The maximum absolute atomic E-state index is 13.4. The van der Waals surface area contributed by atoms with Gasteiger partial charge in [-0.15, -0.1) is 0 Å². The van der Waals surface area contributed by atoms with Crippen LogP contribution in [0.2, 0.25) is 0 Å². The first-order valence-corrected chi connectivity index (χ1v) is 6.72. The standard InChI is InChI=1S/C13H8F2N2O3S/c14-7-2-1-5(3-8(7)15)6-4-9(18)16-10-11(13(19)20)17-21-12(6)10/h1-3,6H,4H2,(H,16,18)(H,19,20). The Balaban J connectivity index is 2.11. The first kappa shape index (κ1) is 13.6. The molecule has 0 spiro atoms. The van der Waals surface area contributed by atoms with Gasteiger partial charge in [-0.25, -0.2) is 13.6 Å². The largest absolute Gasteiger partial charge is 0.476 e. The van der Waals surface area contributed by atoms with Gasteiger partial charge in [0.2, 0.25) is 5.91 Å². The second-order valence-corrected chi connectivity index (χ2v) is 5.36. The SMILES string of the molecule is O=C1CC(c2ccc(F)c(F)c2)c2snc(C(=O)O)c2N1. The third-order valence-electron chi connectivity index (χ3n) is 3.24. The van der Waals surface area contributed by atoms with E-state index in [2.05, 4.69) is 9.69 Å². The number of carboxylic acids is 1. The highest BCUT2D eigenvalue weighted by Gasteiger charge is 2.33. The quantitative estimate of drug-likeness (QED) is 0.893. The van der Waals surface area contributed by atoms with Gasteiger partial charge >= 0.3 is 5.97 Å². The fourth-order valence-corrected chi connectivity index (χ4v) is 3.22. The van der Waals surface area contributed by atoms with E-state index in [-0.39, 0.29) is 23.7 Å². The molecule has 0 fully saturated rings. The molecule has 2 heterocycles. The van der Waals surface area contributed by atoms with Gasteiger partial charge in [-0.05, 0) is 29.2 Å². The van der Waals surface area contributed by atoms with Gasteiger partial charge in [0.15, 0.2) is 17.3 Å². The average molecular weight is 310 g/mol. The molecule has 0 bridgehead atoms. The van der Waals surface area contributed by atoms with E-state index in [9.17, 15) is 18.4 Å². The Morgan fingerprint density at radius 1 is 1.38 bits per heavy atom. The summed E-state index contributed by atoms with van der Waals surface area (Å²) in [7, 11) is 0. The normalized spacial score (nSPS) is 17.2. The van der Waals surface area contributed by atoms with E-state index in [1.807, 2.05) is 0 Å². The molecule has 3 rings (SSSR count). The molecule has 0 saturated heterocycles. The lowest BCUT2D eigenvalue weighted by atomic mass is 9.90. The molecule has 0 radical (unpaired) electrons. The molecule has 2 aromatic rings. The lowest BCUT2D eigenvalue weighted by Gasteiger charge is -2.22. The van der Waals surface area contributed by atoms with E-state index in [0.717, 1.165) is 23.7 Å². The summed E-state index contributed by atoms with van der Waals surface area (Å²) in [5.41, 5.74) is 0.305. The summed E-state index contributed by atoms with van der Waals surface area (Å²) < 4.78 is 30.2. The van der Waals surface area contributed by atoms with Crippen molar-refractivity contribution in [1.82, 2.24) is 4.37 Å². The van der Waals surface area contributed by atoms with E-state index >= 15 is 0 Å². The van der Waals surface area contributed by atoms with Crippen molar-refractivity contribution in [2.45, 2.75) is 12.3 Å². The molecule has 21 heavy (non-hydrogen) atoms. The number of hydrogen-bond donors (Lipinski definition) is 2. The van der Waals surface area contributed by atoms with Gasteiger partial charge in [0.05, 0.1) is 10.6 Å². The fraction of sp³-hybridized carbons (Fsp3) is 0.154. The van der Waals surface area contributed by atoms with Crippen LogP contribution in [-0.2, 0) is 4.79 Å². The summed E-state index contributed by atoms with van der Waals surface area (Å²) in [5.74, 6) is -4.16. The molecule has 0 aliphatic carbocycles. The van der Waals surface area contributed by atoms with Crippen LogP contribution < -0.4 is 5.32 Å². The monoisotopic (exact) mass is 310 g/mol. The number of rotatable bonds is 2. The number of aromatic carboxylic acids is 1. The van der Waals surface area contributed by atoms with E-state index in [0.29, 0.717) is 10.4 Å². The van der Waals surface area contributed by atoms with Crippen molar-refractivity contribution in [3.05, 3.63) is 46.0 Å². The molecule has 0 saturated carbocycles. The van der Waals surface area contributed by atoms with Gasteiger partial charge in [-0.2, -0.15) is 4.37 Å². The summed E-state index contributed by atoms with van der Waals surface area (Å²) in [6.45, 7) is 0. The molecule has 1 aliphatic heterocycles. The smallest absolute Gasteiger partial charge is 0.357 e. The molecule has 2 N–H and O–H groups in total. The topological polar surface area (TPSA) is 79.3 Å². The molecule has 1 aromatic heterocycles. The molecule has 1 amide bonds. The number of nitrogens with zero attached hydrogens (tertiary/aromatic N) is 1. The molecule has 1 aromatic carbocycles. The summed E-state index contributed by atoms with van der Waals surface area (Å²) >= 11 is 0.934. The molecule has 5 nitrogen and oxygen atoms in total. The van der Waals surface area contributed by atoms with Crippen molar-refractivity contribution in [1.29, 1.82) is 0 Å². The zero-order valence-electron chi connectivity index (χ0n) is 10.4. The van der Waals surface area contributed by atoms with Gasteiger partial charge in [-0.3, -0.25) is 4.79 Å². The van der Waals surface area contributed by atoms with Crippen LogP contribution in [0.3, 0.4) is 0 Å². The fourth-order valence-electron chi connectivity index (χ4n) is 2.27. The van der Waals surface area contributed by atoms with Gasteiger partial charge in [0.25, 0.3) is 0 Å². The van der Waals surface area contributed by atoms with Crippen molar-refractivity contribution >= 4 is 29.1 Å². The second-order valence-electron chi connectivity index (χ2n) is 4.55. The number of carbonyl (C=O) groups excluding carboxylic acids is 1. The van der Waals surface area contributed by atoms with Gasteiger partial charge < -0.3 is 10.4 Å². The summed E-state index contributed by atoms with van der Waals surface area (Å²) in [6, 6.07) is 3.38. The Morgan fingerprint density at radius 2 is 2.14 bits per heavy atom. The van der Waals surface area contributed by atoms with Crippen molar-refractivity contribution in [3.63, 3.8) is 0 Å².